The molecule has 3 rings (SSSR count). The van der Waals surface area contributed by atoms with Gasteiger partial charge in [-0.2, -0.15) is 5.10 Å². The van der Waals surface area contributed by atoms with Crippen molar-refractivity contribution in [2.45, 2.75) is 19.4 Å². The summed E-state index contributed by atoms with van der Waals surface area (Å²) in [6, 6.07) is 12.3. The summed E-state index contributed by atoms with van der Waals surface area (Å²) in [5.41, 5.74) is 6.84. The quantitative estimate of drug-likeness (QED) is 0.681. The van der Waals surface area contributed by atoms with Crippen LogP contribution in [0.1, 0.15) is 23.6 Å². The number of non-ortho nitro benzene ring substituents is 1. The Morgan fingerprint density at radius 3 is 2.68 bits per heavy atom. The molecular weight excluding hydrogens is 302 g/mol. The highest BCUT2D eigenvalue weighted by Gasteiger charge is 2.19. The number of nitro groups is 1. The second-order valence-corrected chi connectivity index (χ2v) is 5.74. The van der Waals surface area contributed by atoms with Gasteiger partial charge in [-0.05, 0) is 43.2 Å². The number of benzene rings is 2. The number of fused-ring (bicyclic) bond motifs is 1. The standard InChI is InChI=1S/C16H14ClN3O2/c1-10-8-12-2-5-13(17)9-15(12)16(19-18-10)11-3-6-14(7-4-11)20(21)22/h2-7,9-10,18H,8H2,1H3. The van der Waals surface area contributed by atoms with Crippen molar-refractivity contribution in [2.75, 3.05) is 0 Å². The maximum Gasteiger partial charge on any atom is 0.269 e. The molecule has 0 spiro atoms. The molecule has 1 atom stereocenters. The topological polar surface area (TPSA) is 67.5 Å². The van der Waals surface area contributed by atoms with Crippen LogP contribution >= 0.6 is 11.6 Å². The summed E-state index contributed by atoms with van der Waals surface area (Å²) in [6.45, 7) is 2.06. The van der Waals surface area contributed by atoms with Gasteiger partial charge in [-0.1, -0.05) is 17.7 Å². The fourth-order valence-electron chi connectivity index (χ4n) is 2.52. The van der Waals surface area contributed by atoms with Gasteiger partial charge >= 0.3 is 0 Å². The minimum atomic E-state index is -0.413. The predicted octanol–water partition coefficient (Wildman–Crippen LogP) is 3.53. The van der Waals surface area contributed by atoms with E-state index in [4.69, 9.17) is 11.6 Å². The second-order valence-electron chi connectivity index (χ2n) is 5.30. The lowest BCUT2D eigenvalue weighted by Gasteiger charge is -2.10. The van der Waals surface area contributed by atoms with Crippen LogP contribution in [0.15, 0.2) is 47.6 Å². The van der Waals surface area contributed by atoms with E-state index in [1.807, 2.05) is 18.2 Å². The second kappa shape index (κ2) is 5.77. The molecule has 0 radical (unpaired) electrons. The summed E-state index contributed by atoms with van der Waals surface area (Å²) < 4.78 is 0. The molecule has 6 heteroatoms. The summed E-state index contributed by atoms with van der Waals surface area (Å²) in [7, 11) is 0. The molecule has 1 aliphatic rings. The van der Waals surface area contributed by atoms with E-state index in [0.29, 0.717) is 5.02 Å². The van der Waals surface area contributed by atoms with Crippen LogP contribution in [-0.2, 0) is 6.42 Å². The lowest BCUT2D eigenvalue weighted by Crippen LogP contribution is -2.21. The van der Waals surface area contributed by atoms with E-state index in [2.05, 4.69) is 17.5 Å². The van der Waals surface area contributed by atoms with Crippen molar-refractivity contribution in [1.82, 2.24) is 5.43 Å². The smallest absolute Gasteiger partial charge is 0.269 e. The molecule has 5 nitrogen and oxygen atoms in total. The zero-order valence-electron chi connectivity index (χ0n) is 11.9. The third-order valence-corrected chi connectivity index (χ3v) is 3.84. The molecule has 2 aromatic carbocycles. The Labute approximate surface area is 132 Å². The van der Waals surface area contributed by atoms with E-state index in [9.17, 15) is 10.1 Å². The molecule has 0 aromatic heterocycles. The van der Waals surface area contributed by atoms with Gasteiger partial charge in [0.05, 0.1) is 10.6 Å². The van der Waals surface area contributed by atoms with E-state index < -0.39 is 4.92 Å². The highest BCUT2D eigenvalue weighted by atomic mass is 35.5. The Bertz CT molecular complexity index is 756. The Kier molecular flexibility index (Phi) is 3.81. The lowest BCUT2D eigenvalue weighted by atomic mass is 9.95. The van der Waals surface area contributed by atoms with Gasteiger partial charge in [0.2, 0.25) is 0 Å². The number of rotatable bonds is 2. The van der Waals surface area contributed by atoms with Crippen molar-refractivity contribution in [2.24, 2.45) is 5.10 Å². The van der Waals surface area contributed by atoms with E-state index in [0.717, 1.165) is 28.8 Å². The van der Waals surface area contributed by atoms with Gasteiger partial charge in [-0.3, -0.25) is 10.1 Å². The summed E-state index contributed by atoms with van der Waals surface area (Å²) in [4.78, 5) is 10.4. The Morgan fingerprint density at radius 1 is 1.27 bits per heavy atom. The molecule has 1 unspecified atom stereocenters. The third kappa shape index (κ3) is 2.80. The maximum atomic E-state index is 10.8. The van der Waals surface area contributed by atoms with Gasteiger partial charge in [0.25, 0.3) is 5.69 Å². The first-order valence-corrected chi connectivity index (χ1v) is 7.29. The highest BCUT2D eigenvalue weighted by molar-refractivity contribution is 6.31. The fraction of sp³-hybridized carbons (Fsp3) is 0.188. The van der Waals surface area contributed by atoms with E-state index >= 15 is 0 Å². The molecule has 1 N–H and O–H groups in total. The van der Waals surface area contributed by atoms with Crippen LogP contribution in [0, 0.1) is 10.1 Å². The number of halogens is 1. The van der Waals surface area contributed by atoms with Crippen molar-refractivity contribution in [3.05, 3.63) is 74.3 Å². The number of hydrogen-bond donors (Lipinski definition) is 1. The minimum Gasteiger partial charge on any atom is -0.306 e. The molecule has 0 amide bonds. The van der Waals surface area contributed by atoms with Crippen LogP contribution in [0.2, 0.25) is 5.02 Å². The van der Waals surface area contributed by atoms with Crippen LogP contribution in [0.4, 0.5) is 5.69 Å². The SMILES string of the molecule is CC1Cc2ccc(Cl)cc2C(c2ccc([N+](=O)[O-])cc2)=NN1. The normalized spacial score (nSPS) is 17.0. The van der Waals surface area contributed by atoms with Gasteiger partial charge in [0.1, 0.15) is 0 Å². The molecule has 0 fully saturated rings. The number of nitrogens with one attached hydrogen (secondary N) is 1. The molecule has 0 bridgehead atoms. The van der Waals surface area contributed by atoms with Crippen LogP contribution < -0.4 is 5.43 Å². The van der Waals surface area contributed by atoms with Gasteiger partial charge in [-0.25, -0.2) is 0 Å². The van der Waals surface area contributed by atoms with Gasteiger partial charge < -0.3 is 5.43 Å². The number of nitrogens with zero attached hydrogens (tertiary/aromatic N) is 2. The molecule has 2 aromatic rings. The first-order chi connectivity index (χ1) is 10.5. The first-order valence-electron chi connectivity index (χ1n) is 6.91. The summed E-state index contributed by atoms with van der Waals surface area (Å²) in [5.74, 6) is 0. The molecule has 0 saturated carbocycles. The zero-order valence-corrected chi connectivity index (χ0v) is 12.7. The Hall–Kier alpha value is -2.40. The maximum absolute atomic E-state index is 10.8. The fourth-order valence-corrected chi connectivity index (χ4v) is 2.69. The van der Waals surface area contributed by atoms with Crippen molar-refractivity contribution in [3.8, 4) is 0 Å². The molecule has 1 heterocycles. The molecule has 112 valence electrons. The van der Waals surface area contributed by atoms with E-state index in [1.165, 1.54) is 12.1 Å². The van der Waals surface area contributed by atoms with Crippen molar-refractivity contribution >= 4 is 23.0 Å². The van der Waals surface area contributed by atoms with E-state index in [-0.39, 0.29) is 11.7 Å². The summed E-state index contributed by atoms with van der Waals surface area (Å²) in [5, 5.41) is 15.9. The Balaban J connectivity index is 2.09. The van der Waals surface area contributed by atoms with Crippen LogP contribution in [0.3, 0.4) is 0 Å². The zero-order chi connectivity index (χ0) is 15.7. The van der Waals surface area contributed by atoms with Gasteiger partial charge in [-0.15, -0.1) is 0 Å². The number of hydrazone groups is 1. The molecule has 1 aliphatic heterocycles. The molecule has 22 heavy (non-hydrogen) atoms. The lowest BCUT2D eigenvalue weighted by molar-refractivity contribution is -0.384. The van der Waals surface area contributed by atoms with Crippen molar-refractivity contribution in [1.29, 1.82) is 0 Å². The molecular formula is C16H14ClN3O2. The predicted molar refractivity (Wildman–Crippen MR) is 86.5 cm³/mol. The van der Waals surface area contributed by atoms with Gasteiger partial charge in [0.15, 0.2) is 0 Å². The van der Waals surface area contributed by atoms with E-state index in [1.54, 1.807) is 12.1 Å². The highest BCUT2D eigenvalue weighted by Crippen LogP contribution is 2.24. The monoisotopic (exact) mass is 315 g/mol. The van der Waals surface area contributed by atoms with Crippen molar-refractivity contribution < 1.29 is 4.92 Å². The number of hydrogen-bond acceptors (Lipinski definition) is 4. The summed E-state index contributed by atoms with van der Waals surface area (Å²) in [6.07, 6.45) is 0.840. The van der Waals surface area contributed by atoms with Crippen LogP contribution in [0.5, 0.6) is 0 Å². The average Bonchev–Trinajstić information content (AvgIpc) is 2.66. The summed E-state index contributed by atoms with van der Waals surface area (Å²) >= 11 is 6.12. The minimum absolute atomic E-state index is 0.0608. The largest absolute Gasteiger partial charge is 0.306 e. The molecule has 0 saturated heterocycles. The number of nitro benzene ring substituents is 1. The molecule has 0 aliphatic carbocycles. The van der Waals surface area contributed by atoms with Crippen LogP contribution in [0.25, 0.3) is 0 Å². The van der Waals surface area contributed by atoms with Crippen molar-refractivity contribution in [3.63, 3.8) is 0 Å². The average molecular weight is 316 g/mol. The first kappa shape index (κ1) is 14.5. The third-order valence-electron chi connectivity index (χ3n) is 3.60. The van der Waals surface area contributed by atoms with Crippen LogP contribution in [-0.4, -0.2) is 16.7 Å². The van der Waals surface area contributed by atoms with Gasteiger partial charge in [0, 0.05) is 34.3 Å². The Morgan fingerprint density at radius 2 is 2.00 bits per heavy atom.